The van der Waals surface area contributed by atoms with Crippen molar-refractivity contribution in [1.29, 1.82) is 0 Å². The van der Waals surface area contributed by atoms with Gasteiger partial charge in [-0.1, -0.05) is 22.9 Å². The first kappa shape index (κ1) is 14.5. The SMILES string of the molecule is CCC(CSC)NC(=O)c1ccc(Br)cc1F. The van der Waals surface area contributed by atoms with E-state index < -0.39 is 5.82 Å². The molecular formula is C12H15BrFNOS. The van der Waals surface area contributed by atoms with E-state index in [4.69, 9.17) is 0 Å². The minimum Gasteiger partial charge on any atom is -0.348 e. The molecule has 0 aliphatic rings. The zero-order valence-electron chi connectivity index (χ0n) is 9.80. The highest BCUT2D eigenvalue weighted by Gasteiger charge is 2.15. The Labute approximate surface area is 113 Å². The van der Waals surface area contributed by atoms with E-state index in [1.807, 2.05) is 13.2 Å². The van der Waals surface area contributed by atoms with Crippen LogP contribution in [0.25, 0.3) is 0 Å². The Hall–Kier alpha value is -0.550. The summed E-state index contributed by atoms with van der Waals surface area (Å²) in [5.74, 6) is -0.0211. The second-order valence-corrected chi connectivity index (χ2v) is 5.48. The van der Waals surface area contributed by atoms with Gasteiger partial charge in [0.25, 0.3) is 5.91 Å². The van der Waals surface area contributed by atoms with Crippen LogP contribution in [0.2, 0.25) is 0 Å². The molecule has 0 radical (unpaired) electrons. The fourth-order valence-corrected chi connectivity index (χ4v) is 2.45. The van der Waals surface area contributed by atoms with Crippen molar-refractivity contribution < 1.29 is 9.18 Å². The van der Waals surface area contributed by atoms with E-state index in [1.165, 1.54) is 12.1 Å². The van der Waals surface area contributed by atoms with Crippen LogP contribution >= 0.6 is 27.7 Å². The van der Waals surface area contributed by atoms with Gasteiger partial charge in [0.1, 0.15) is 5.82 Å². The van der Waals surface area contributed by atoms with Crippen molar-refractivity contribution >= 4 is 33.6 Å². The van der Waals surface area contributed by atoms with E-state index in [2.05, 4.69) is 21.2 Å². The van der Waals surface area contributed by atoms with Crippen molar-refractivity contribution in [1.82, 2.24) is 5.32 Å². The van der Waals surface area contributed by atoms with E-state index in [-0.39, 0.29) is 17.5 Å². The summed E-state index contributed by atoms with van der Waals surface area (Å²) in [5.41, 5.74) is 0.0905. The molecule has 1 aromatic carbocycles. The number of benzene rings is 1. The molecular weight excluding hydrogens is 305 g/mol. The maximum absolute atomic E-state index is 13.5. The molecule has 1 N–H and O–H groups in total. The third-order valence-electron chi connectivity index (χ3n) is 2.37. The maximum Gasteiger partial charge on any atom is 0.254 e. The number of thioether (sulfide) groups is 1. The Bertz CT molecular complexity index is 400. The summed E-state index contributed by atoms with van der Waals surface area (Å²) in [4.78, 5) is 11.8. The Morgan fingerprint density at radius 1 is 1.59 bits per heavy atom. The molecule has 5 heteroatoms. The molecule has 1 unspecified atom stereocenters. The fourth-order valence-electron chi connectivity index (χ4n) is 1.40. The molecule has 0 bridgehead atoms. The Balaban J connectivity index is 2.75. The lowest BCUT2D eigenvalue weighted by atomic mass is 10.1. The first-order valence-electron chi connectivity index (χ1n) is 5.33. The molecule has 0 saturated heterocycles. The Kier molecular flexibility index (Phi) is 5.98. The maximum atomic E-state index is 13.5. The molecule has 0 aliphatic heterocycles. The molecule has 2 nitrogen and oxygen atoms in total. The summed E-state index contributed by atoms with van der Waals surface area (Å²) < 4.78 is 14.2. The summed E-state index contributed by atoms with van der Waals surface area (Å²) in [6.07, 6.45) is 2.82. The highest BCUT2D eigenvalue weighted by atomic mass is 79.9. The highest BCUT2D eigenvalue weighted by molar-refractivity contribution is 9.10. The van der Waals surface area contributed by atoms with Gasteiger partial charge in [-0.25, -0.2) is 4.39 Å². The Morgan fingerprint density at radius 2 is 2.29 bits per heavy atom. The van der Waals surface area contributed by atoms with Crippen molar-refractivity contribution in [3.05, 3.63) is 34.1 Å². The van der Waals surface area contributed by atoms with E-state index >= 15 is 0 Å². The average molecular weight is 320 g/mol. The van der Waals surface area contributed by atoms with Crippen LogP contribution in [0.4, 0.5) is 4.39 Å². The lowest BCUT2D eigenvalue weighted by Crippen LogP contribution is -2.36. The summed E-state index contributed by atoms with van der Waals surface area (Å²) in [6, 6.07) is 4.53. The first-order valence-corrected chi connectivity index (χ1v) is 7.52. The van der Waals surface area contributed by atoms with E-state index in [9.17, 15) is 9.18 Å². The second-order valence-electron chi connectivity index (χ2n) is 3.66. The van der Waals surface area contributed by atoms with Gasteiger partial charge in [0.05, 0.1) is 5.56 Å². The van der Waals surface area contributed by atoms with Gasteiger partial charge >= 0.3 is 0 Å². The summed E-state index contributed by atoms with van der Waals surface area (Å²) >= 11 is 4.82. The van der Waals surface area contributed by atoms with Gasteiger partial charge in [-0.2, -0.15) is 11.8 Å². The van der Waals surface area contributed by atoms with Crippen LogP contribution in [0, 0.1) is 5.82 Å². The van der Waals surface area contributed by atoms with Crippen molar-refractivity contribution in [2.45, 2.75) is 19.4 Å². The predicted octanol–water partition coefficient (Wildman–Crippen LogP) is 3.46. The third kappa shape index (κ3) is 4.32. The number of nitrogens with one attached hydrogen (secondary N) is 1. The molecule has 0 saturated carbocycles. The monoisotopic (exact) mass is 319 g/mol. The van der Waals surface area contributed by atoms with E-state index in [0.717, 1.165) is 12.2 Å². The van der Waals surface area contributed by atoms with Crippen LogP contribution < -0.4 is 5.32 Å². The van der Waals surface area contributed by atoms with Crippen molar-refractivity contribution in [3.8, 4) is 0 Å². The minimum absolute atomic E-state index is 0.0838. The van der Waals surface area contributed by atoms with Crippen molar-refractivity contribution in [3.63, 3.8) is 0 Å². The minimum atomic E-state index is -0.504. The number of rotatable bonds is 5. The van der Waals surface area contributed by atoms with Crippen LogP contribution in [0.3, 0.4) is 0 Å². The van der Waals surface area contributed by atoms with Gasteiger partial charge in [0.15, 0.2) is 0 Å². The normalized spacial score (nSPS) is 12.2. The zero-order chi connectivity index (χ0) is 12.8. The molecule has 0 aromatic heterocycles. The van der Waals surface area contributed by atoms with Crippen LogP contribution in [0.5, 0.6) is 0 Å². The Morgan fingerprint density at radius 3 is 2.82 bits per heavy atom. The number of carbonyl (C=O) groups is 1. The smallest absolute Gasteiger partial charge is 0.254 e. The molecule has 1 amide bonds. The summed E-state index contributed by atoms with van der Waals surface area (Å²) in [6.45, 7) is 2.00. The highest BCUT2D eigenvalue weighted by Crippen LogP contribution is 2.15. The number of hydrogen-bond acceptors (Lipinski definition) is 2. The van der Waals surface area contributed by atoms with Gasteiger partial charge < -0.3 is 5.32 Å². The predicted molar refractivity (Wildman–Crippen MR) is 74.0 cm³/mol. The molecule has 94 valence electrons. The van der Waals surface area contributed by atoms with E-state index in [0.29, 0.717) is 4.47 Å². The number of amides is 1. The number of halogens is 2. The first-order chi connectivity index (χ1) is 8.08. The fraction of sp³-hybridized carbons (Fsp3) is 0.417. The molecule has 0 heterocycles. The van der Waals surface area contributed by atoms with Gasteiger partial charge in [-0.15, -0.1) is 0 Å². The quantitative estimate of drug-likeness (QED) is 0.900. The van der Waals surface area contributed by atoms with Crippen LogP contribution in [-0.2, 0) is 0 Å². The summed E-state index contributed by atoms with van der Waals surface area (Å²) in [5, 5.41) is 2.83. The lowest BCUT2D eigenvalue weighted by Gasteiger charge is -2.15. The van der Waals surface area contributed by atoms with Crippen molar-refractivity contribution in [2.24, 2.45) is 0 Å². The standard InChI is InChI=1S/C12H15BrFNOS/c1-3-9(7-17-2)15-12(16)10-5-4-8(13)6-11(10)14/h4-6,9H,3,7H2,1-2H3,(H,15,16). The lowest BCUT2D eigenvalue weighted by molar-refractivity contribution is 0.0936. The van der Waals surface area contributed by atoms with E-state index in [1.54, 1.807) is 17.8 Å². The second kappa shape index (κ2) is 7.01. The topological polar surface area (TPSA) is 29.1 Å². The van der Waals surface area contributed by atoms with Crippen LogP contribution in [0.15, 0.2) is 22.7 Å². The molecule has 0 fully saturated rings. The number of carbonyl (C=O) groups excluding carboxylic acids is 1. The van der Waals surface area contributed by atoms with Gasteiger partial charge in [0, 0.05) is 16.3 Å². The third-order valence-corrected chi connectivity index (χ3v) is 3.60. The van der Waals surface area contributed by atoms with Crippen LogP contribution in [-0.4, -0.2) is 24.0 Å². The molecule has 1 atom stereocenters. The largest absolute Gasteiger partial charge is 0.348 e. The van der Waals surface area contributed by atoms with Gasteiger partial charge in [0.2, 0.25) is 0 Å². The molecule has 0 spiro atoms. The number of hydrogen-bond donors (Lipinski definition) is 1. The van der Waals surface area contributed by atoms with Crippen LogP contribution in [0.1, 0.15) is 23.7 Å². The van der Waals surface area contributed by atoms with Gasteiger partial charge in [-0.3, -0.25) is 4.79 Å². The molecule has 0 aliphatic carbocycles. The van der Waals surface area contributed by atoms with Crippen molar-refractivity contribution in [2.75, 3.05) is 12.0 Å². The average Bonchev–Trinajstić information content (AvgIpc) is 2.28. The van der Waals surface area contributed by atoms with Gasteiger partial charge in [-0.05, 0) is 30.9 Å². The molecule has 1 rings (SSSR count). The molecule has 17 heavy (non-hydrogen) atoms. The molecule has 1 aromatic rings. The zero-order valence-corrected chi connectivity index (χ0v) is 12.2. The summed E-state index contributed by atoms with van der Waals surface area (Å²) in [7, 11) is 0.